The third kappa shape index (κ3) is 3.74. The number of carbonyl (C=O) groups excluding carboxylic acids is 2. The molecule has 5 heteroatoms. The Hall–Kier alpha value is -0.710. The Morgan fingerprint density at radius 2 is 1.90 bits per heavy atom. The Labute approximate surface area is 132 Å². The summed E-state index contributed by atoms with van der Waals surface area (Å²) in [4.78, 5) is 26.7. The van der Waals surface area contributed by atoms with Gasteiger partial charge in [0.05, 0.1) is 0 Å². The Bertz CT molecular complexity index is 411. The molecule has 1 atom stereocenters. The summed E-state index contributed by atoms with van der Waals surface area (Å²) in [6.07, 6.45) is 7.44. The molecule has 0 bridgehead atoms. The third-order valence-corrected chi connectivity index (χ3v) is 6.17. The summed E-state index contributed by atoms with van der Waals surface area (Å²) in [6, 6.07) is -0.409. The molecular formula is C16H28N2O2S. The molecule has 2 fully saturated rings. The van der Waals surface area contributed by atoms with Gasteiger partial charge in [0.1, 0.15) is 6.04 Å². The van der Waals surface area contributed by atoms with Crippen molar-refractivity contribution in [3.63, 3.8) is 0 Å². The fourth-order valence-corrected chi connectivity index (χ4v) is 4.34. The smallest absolute Gasteiger partial charge is 0.245 e. The molecule has 0 aromatic carbocycles. The molecule has 1 aliphatic heterocycles. The molecule has 1 saturated heterocycles. The van der Waals surface area contributed by atoms with E-state index in [2.05, 4.69) is 11.6 Å². The van der Waals surface area contributed by atoms with Crippen LogP contribution in [0, 0.1) is 5.41 Å². The number of nitrogens with one attached hydrogen (secondary N) is 1. The van der Waals surface area contributed by atoms with Gasteiger partial charge >= 0.3 is 0 Å². The van der Waals surface area contributed by atoms with Crippen molar-refractivity contribution < 1.29 is 9.59 Å². The van der Waals surface area contributed by atoms with Gasteiger partial charge in [0.25, 0.3) is 0 Å². The van der Waals surface area contributed by atoms with Crippen LogP contribution in [0.4, 0.5) is 0 Å². The van der Waals surface area contributed by atoms with Crippen LogP contribution in [-0.4, -0.2) is 46.8 Å². The zero-order valence-electron chi connectivity index (χ0n) is 13.7. The van der Waals surface area contributed by atoms with E-state index in [1.807, 2.05) is 37.4 Å². The summed E-state index contributed by atoms with van der Waals surface area (Å²) in [5.41, 5.74) is -0.252. The molecule has 1 aliphatic carbocycles. The van der Waals surface area contributed by atoms with Crippen molar-refractivity contribution in [2.75, 3.05) is 19.3 Å². The summed E-state index contributed by atoms with van der Waals surface area (Å²) >= 11 is 1.89. The highest BCUT2D eigenvalue weighted by molar-refractivity contribution is 8.00. The van der Waals surface area contributed by atoms with Crippen molar-refractivity contribution in [3.8, 4) is 0 Å². The molecule has 0 radical (unpaired) electrons. The average Bonchev–Trinajstić information content (AvgIpc) is 2.82. The van der Waals surface area contributed by atoms with E-state index >= 15 is 0 Å². The lowest BCUT2D eigenvalue weighted by molar-refractivity contribution is -0.136. The SMILES string of the molecule is CSC1(CN2CCC(=O)NC(C(C)(C)C)C2=O)CCCC1. The van der Waals surface area contributed by atoms with E-state index in [0.717, 1.165) is 6.54 Å². The van der Waals surface area contributed by atoms with Crippen molar-refractivity contribution in [1.29, 1.82) is 0 Å². The van der Waals surface area contributed by atoms with Crippen LogP contribution in [0.1, 0.15) is 52.9 Å². The van der Waals surface area contributed by atoms with Gasteiger partial charge in [-0.15, -0.1) is 0 Å². The Kier molecular flexibility index (Phi) is 4.91. The predicted molar refractivity (Wildman–Crippen MR) is 87.3 cm³/mol. The Morgan fingerprint density at radius 1 is 1.29 bits per heavy atom. The molecule has 0 aromatic heterocycles. The van der Waals surface area contributed by atoms with E-state index in [1.54, 1.807) is 0 Å². The molecule has 21 heavy (non-hydrogen) atoms. The van der Waals surface area contributed by atoms with E-state index in [4.69, 9.17) is 0 Å². The molecule has 4 nitrogen and oxygen atoms in total. The lowest BCUT2D eigenvalue weighted by Crippen LogP contribution is -2.53. The molecular weight excluding hydrogens is 284 g/mol. The topological polar surface area (TPSA) is 49.4 Å². The molecule has 1 heterocycles. The highest BCUT2D eigenvalue weighted by Gasteiger charge is 2.42. The van der Waals surface area contributed by atoms with Gasteiger partial charge in [0, 0.05) is 24.3 Å². The normalized spacial score (nSPS) is 26.7. The predicted octanol–water partition coefficient (Wildman–Crippen LogP) is 2.43. The summed E-state index contributed by atoms with van der Waals surface area (Å²) in [6.45, 7) is 7.38. The van der Waals surface area contributed by atoms with Crippen LogP contribution < -0.4 is 5.32 Å². The van der Waals surface area contributed by atoms with E-state index in [0.29, 0.717) is 13.0 Å². The van der Waals surface area contributed by atoms with E-state index in [-0.39, 0.29) is 22.0 Å². The van der Waals surface area contributed by atoms with E-state index in [9.17, 15) is 9.59 Å². The van der Waals surface area contributed by atoms with Crippen LogP contribution in [-0.2, 0) is 9.59 Å². The second-order valence-electron chi connectivity index (χ2n) is 7.47. The van der Waals surface area contributed by atoms with Gasteiger partial charge in [-0.1, -0.05) is 33.6 Å². The maximum atomic E-state index is 12.9. The highest BCUT2D eigenvalue weighted by atomic mass is 32.2. The zero-order chi connectivity index (χ0) is 15.7. The first-order valence-corrected chi connectivity index (χ1v) is 9.13. The molecule has 1 N–H and O–H groups in total. The van der Waals surface area contributed by atoms with Crippen LogP contribution in [0.5, 0.6) is 0 Å². The maximum absolute atomic E-state index is 12.9. The van der Waals surface area contributed by atoms with Gasteiger partial charge in [-0.05, 0) is 24.5 Å². The van der Waals surface area contributed by atoms with Gasteiger partial charge < -0.3 is 10.2 Å². The standard InChI is InChI=1S/C16H28N2O2S/c1-15(2,3)13-14(20)18(10-7-12(19)17-13)11-16(21-4)8-5-6-9-16/h13H,5-11H2,1-4H3,(H,17,19). The minimum Gasteiger partial charge on any atom is -0.344 e. The van der Waals surface area contributed by atoms with Gasteiger partial charge in [0.2, 0.25) is 11.8 Å². The van der Waals surface area contributed by atoms with Gasteiger partial charge in [-0.25, -0.2) is 0 Å². The molecule has 120 valence electrons. The van der Waals surface area contributed by atoms with Crippen molar-refractivity contribution in [2.45, 2.75) is 63.7 Å². The number of hydrogen-bond donors (Lipinski definition) is 1. The number of nitrogens with zero attached hydrogens (tertiary/aromatic N) is 1. The van der Waals surface area contributed by atoms with E-state index < -0.39 is 6.04 Å². The lowest BCUT2D eigenvalue weighted by atomic mass is 9.85. The van der Waals surface area contributed by atoms with Crippen molar-refractivity contribution in [3.05, 3.63) is 0 Å². The number of carbonyl (C=O) groups is 2. The quantitative estimate of drug-likeness (QED) is 0.871. The van der Waals surface area contributed by atoms with Gasteiger partial charge in [0.15, 0.2) is 0 Å². The Morgan fingerprint density at radius 3 is 2.43 bits per heavy atom. The lowest BCUT2D eigenvalue weighted by Gasteiger charge is -2.37. The number of rotatable bonds is 3. The first-order chi connectivity index (χ1) is 9.77. The van der Waals surface area contributed by atoms with Crippen molar-refractivity contribution in [2.24, 2.45) is 5.41 Å². The van der Waals surface area contributed by atoms with Crippen LogP contribution in [0.2, 0.25) is 0 Å². The van der Waals surface area contributed by atoms with Crippen LogP contribution in [0.25, 0.3) is 0 Å². The molecule has 2 amide bonds. The molecule has 1 unspecified atom stereocenters. The van der Waals surface area contributed by atoms with Crippen LogP contribution in [0.3, 0.4) is 0 Å². The molecule has 0 aromatic rings. The highest BCUT2D eigenvalue weighted by Crippen LogP contribution is 2.41. The average molecular weight is 312 g/mol. The summed E-state index contributed by atoms with van der Waals surface area (Å²) in [5.74, 6) is 0.0871. The number of thioether (sulfide) groups is 1. The Balaban J connectivity index is 2.17. The molecule has 2 rings (SSSR count). The van der Waals surface area contributed by atoms with Gasteiger partial charge in [-0.3, -0.25) is 9.59 Å². The molecule has 1 saturated carbocycles. The van der Waals surface area contributed by atoms with Crippen molar-refractivity contribution in [1.82, 2.24) is 10.2 Å². The van der Waals surface area contributed by atoms with Crippen LogP contribution >= 0.6 is 11.8 Å². The summed E-state index contributed by atoms with van der Waals surface area (Å²) in [7, 11) is 0. The fraction of sp³-hybridized carbons (Fsp3) is 0.875. The van der Waals surface area contributed by atoms with Gasteiger partial charge in [-0.2, -0.15) is 11.8 Å². The first-order valence-electron chi connectivity index (χ1n) is 7.91. The number of amides is 2. The number of hydrogen-bond acceptors (Lipinski definition) is 3. The zero-order valence-corrected chi connectivity index (χ0v) is 14.5. The second-order valence-corrected chi connectivity index (χ2v) is 8.74. The van der Waals surface area contributed by atoms with Crippen molar-refractivity contribution >= 4 is 23.6 Å². The first kappa shape index (κ1) is 16.7. The summed E-state index contributed by atoms with van der Waals surface area (Å²) < 4.78 is 0.200. The minimum absolute atomic E-state index is 0.00426. The molecule has 2 aliphatic rings. The van der Waals surface area contributed by atoms with E-state index in [1.165, 1.54) is 25.7 Å². The molecule has 0 spiro atoms. The third-order valence-electron chi connectivity index (χ3n) is 4.77. The fourth-order valence-electron chi connectivity index (χ4n) is 3.36. The maximum Gasteiger partial charge on any atom is 0.245 e. The second kappa shape index (κ2) is 6.19. The monoisotopic (exact) mass is 312 g/mol. The van der Waals surface area contributed by atoms with Crippen LogP contribution in [0.15, 0.2) is 0 Å². The minimum atomic E-state index is -0.409. The largest absolute Gasteiger partial charge is 0.344 e. The summed E-state index contributed by atoms with van der Waals surface area (Å²) in [5, 5.41) is 2.92.